The number of hydrogen-bond acceptors (Lipinski definition) is 7. The van der Waals surface area contributed by atoms with Gasteiger partial charge in [0.15, 0.2) is 5.76 Å². The first kappa shape index (κ1) is 18.3. The van der Waals surface area contributed by atoms with E-state index in [4.69, 9.17) is 15.0 Å². The molecule has 0 saturated carbocycles. The molecular formula is C15H24N4O5S. The van der Waals surface area contributed by atoms with Crippen molar-refractivity contribution in [3.8, 4) is 0 Å². The molecule has 0 radical (unpaired) electrons. The normalized spacial score (nSPS) is 25.5. The predicted molar refractivity (Wildman–Crippen MR) is 88.3 cm³/mol. The summed E-state index contributed by atoms with van der Waals surface area (Å²) in [5.41, 5.74) is 5.93. The maximum Gasteiger partial charge on any atom is 0.251 e. The first-order valence-electron chi connectivity index (χ1n) is 8.42. The van der Waals surface area contributed by atoms with Gasteiger partial charge in [-0.1, -0.05) is 5.16 Å². The lowest BCUT2D eigenvalue weighted by Crippen LogP contribution is -2.52. The van der Waals surface area contributed by atoms with Gasteiger partial charge in [-0.2, -0.15) is 4.31 Å². The van der Waals surface area contributed by atoms with Crippen molar-refractivity contribution < 1.29 is 22.5 Å². The molecule has 2 atom stereocenters. The number of nitrogens with two attached hydrogens (primary N) is 1. The van der Waals surface area contributed by atoms with Crippen molar-refractivity contribution in [2.24, 2.45) is 5.73 Å². The van der Waals surface area contributed by atoms with Gasteiger partial charge < -0.3 is 19.9 Å². The van der Waals surface area contributed by atoms with Crippen LogP contribution in [0.2, 0.25) is 0 Å². The van der Waals surface area contributed by atoms with E-state index in [-0.39, 0.29) is 35.8 Å². The van der Waals surface area contributed by atoms with Crippen LogP contribution in [-0.4, -0.2) is 73.6 Å². The molecule has 0 spiro atoms. The molecule has 3 heterocycles. The number of hydrogen-bond donors (Lipinski definition) is 1. The Balaban J connectivity index is 1.63. The van der Waals surface area contributed by atoms with Crippen LogP contribution < -0.4 is 5.73 Å². The molecular weight excluding hydrogens is 348 g/mol. The van der Waals surface area contributed by atoms with Crippen LogP contribution in [0.25, 0.3) is 0 Å². The van der Waals surface area contributed by atoms with E-state index in [9.17, 15) is 13.2 Å². The number of piperazine rings is 1. The van der Waals surface area contributed by atoms with Crippen molar-refractivity contribution in [2.75, 3.05) is 32.7 Å². The minimum Gasteiger partial charge on any atom is -0.364 e. The fourth-order valence-electron chi connectivity index (χ4n) is 3.39. The summed E-state index contributed by atoms with van der Waals surface area (Å²) in [7, 11) is -3.67. The van der Waals surface area contributed by atoms with Crippen molar-refractivity contribution >= 4 is 15.9 Å². The third kappa shape index (κ3) is 3.43. The van der Waals surface area contributed by atoms with Gasteiger partial charge in [0.2, 0.25) is 10.0 Å². The quantitative estimate of drug-likeness (QED) is 0.766. The fourth-order valence-corrected chi connectivity index (χ4v) is 5.10. The van der Waals surface area contributed by atoms with Gasteiger partial charge >= 0.3 is 0 Å². The van der Waals surface area contributed by atoms with Crippen molar-refractivity contribution in [1.82, 2.24) is 14.4 Å². The van der Waals surface area contributed by atoms with Crippen molar-refractivity contribution in [3.63, 3.8) is 0 Å². The molecule has 10 heteroatoms. The monoisotopic (exact) mass is 372 g/mol. The summed E-state index contributed by atoms with van der Waals surface area (Å²) < 4.78 is 37.6. The molecule has 2 N–H and O–H groups in total. The standard InChI is InChI=1S/C15H24N4O5S/c1-10-14(11(2)24-17-10)25(21,22)19-7-5-18(6-8-19)15(20)13-4-3-12(9-16)23-13/h12-13H,3-9,16H2,1-2H3/t12-,13+/m1/s1. The maximum absolute atomic E-state index is 12.8. The number of amides is 1. The Morgan fingerprint density at radius 2 is 1.92 bits per heavy atom. The zero-order valence-corrected chi connectivity index (χ0v) is 15.3. The summed E-state index contributed by atoms with van der Waals surface area (Å²) in [6.45, 7) is 4.76. The highest BCUT2D eigenvalue weighted by molar-refractivity contribution is 7.89. The van der Waals surface area contributed by atoms with Crippen LogP contribution in [0.1, 0.15) is 24.3 Å². The first-order valence-corrected chi connectivity index (χ1v) is 9.86. The van der Waals surface area contributed by atoms with E-state index in [2.05, 4.69) is 5.16 Å². The second-order valence-corrected chi connectivity index (χ2v) is 8.32. The second kappa shape index (κ2) is 7.02. The largest absolute Gasteiger partial charge is 0.364 e. The van der Waals surface area contributed by atoms with Gasteiger partial charge in [0.05, 0.1) is 6.10 Å². The van der Waals surface area contributed by atoms with E-state index in [0.29, 0.717) is 31.7 Å². The zero-order chi connectivity index (χ0) is 18.2. The van der Waals surface area contributed by atoms with Gasteiger partial charge in [-0.05, 0) is 26.7 Å². The van der Waals surface area contributed by atoms with Crippen molar-refractivity contribution in [2.45, 2.75) is 43.8 Å². The van der Waals surface area contributed by atoms with Crippen LogP contribution in [0, 0.1) is 13.8 Å². The van der Waals surface area contributed by atoms with Gasteiger partial charge in [0.25, 0.3) is 5.91 Å². The average Bonchev–Trinajstić information content (AvgIpc) is 3.21. The van der Waals surface area contributed by atoms with E-state index in [1.165, 1.54) is 4.31 Å². The summed E-state index contributed by atoms with van der Waals surface area (Å²) >= 11 is 0. The second-order valence-electron chi connectivity index (χ2n) is 6.44. The van der Waals surface area contributed by atoms with Crippen LogP contribution in [-0.2, 0) is 19.6 Å². The van der Waals surface area contributed by atoms with E-state index < -0.39 is 16.1 Å². The highest BCUT2D eigenvalue weighted by atomic mass is 32.2. The van der Waals surface area contributed by atoms with E-state index in [1.807, 2.05) is 0 Å². The van der Waals surface area contributed by atoms with E-state index >= 15 is 0 Å². The summed E-state index contributed by atoms with van der Waals surface area (Å²) in [6, 6.07) is 0. The lowest BCUT2D eigenvalue weighted by atomic mass is 10.1. The Morgan fingerprint density at radius 1 is 1.24 bits per heavy atom. The topological polar surface area (TPSA) is 119 Å². The lowest BCUT2D eigenvalue weighted by Gasteiger charge is -2.35. The molecule has 2 aliphatic rings. The van der Waals surface area contributed by atoms with Crippen LogP contribution >= 0.6 is 0 Å². The number of nitrogens with zero attached hydrogens (tertiary/aromatic N) is 3. The Bertz CT molecular complexity index is 720. The third-order valence-corrected chi connectivity index (χ3v) is 6.91. The van der Waals surface area contributed by atoms with Crippen LogP contribution in [0.5, 0.6) is 0 Å². The number of aryl methyl sites for hydroxylation is 2. The summed E-state index contributed by atoms with van der Waals surface area (Å²) in [6.07, 6.45) is 0.931. The van der Waals surface area contributed by atoms with Gasteiger partial charge in [-0.3, -0.25) is 4.79 Å². The number of ether oxygens (including phenoxy) is 1. The summed E-state index contributed by atoms with van der Waals surface area (Å²) in [4.78, 5) is 14.3. The zero-order valence-electron chi connectivity index (χ0n) is 14.5. The SMILES string of the molecule is Cc1noc(C)c1S(=O)(=O)N1CCN(C(=O)[C@@H]2CC[C@H](CN)O2)CC1. The molecule has 0 aromatic carbocycles. The molecule has 2 aliphatic heterocycles. The fraction of sp³-hybridized carbons (Fsp3) is 0.733. The van der Waals surface area contributed by atoms with Gasteiger partial charge in [-0.15, -0.1) is 0 Å². The number of sulfonamides is 1. The molecule has 0 aliphatic carbocycles. The Labute approximate surface area is 147 Å². The maximum atomic E-state index is 12.8. The molecule has 140 valence electrons. The van der Waals surface area contributed by atoms with Crippen molar-refractivity contribution in [1.29, 1.82) is 0 Å². The highest BCUT2D eigenvalue weighted by Gasteiger charge is 2.37. The van der Waals surface area contributed by atoms with Crippen molar-refractivity contribution in [3.05, 3.63) is 11.5 Å². The predicted octanol–water partition coefficient (Wildman–Crippen LogP) is -0.369. The smallest absolute Gasteiger partial charge is 0.251 e. The molecule has 25 heavy (non-hydrogen) atoms. The molecule has 3 rings (SSSR count). The van der Waals surface area contributed by atoms with Crippen LogP contribution in [0.3, 0.4) is 0 Å². The van der Waals surface area contributed by atoms with Gasteiger partial charge in [0.1, 0.15) is 16.7 Å². The molecule has 0 unspecified atom stereocenters. The number of carbonyl (C=O) groups excluding carboxylic acids is 1. The molecule has 0 bridgehead atoms. The first-order chi connectivity index (χ1) is 11.8. The Morgan fingerprint density at radius 3 is 2.44 bits per heavy atom. The van der Waals surface area contributed by atoms with Gasteiger partial charge in [0, 0.05) is 32.7 Å². The minimum absolute atomic E-state index is 0.0600. The summed E-state index contributed by atoms with van der Waals surface area (Å²) in [5.74, 6) is 0.202. The lowest BCUT2D eigenvalue weighted by molar-refractivity contribution is -0.143. The third-order valence-electron chi connectivity index (χ3n) is 4.76. The molecule has 1 aromatic rings. The van der Waals surface area contributed by atoms with Gasteiger partial charge in [-0.25, -0.2) is 8.42 Å². The molecule has 9 nitrogen and oxygen atoms in total. The average molecular weight is 372 g/mol. The van der Waals surface area contributed by atoms with E-state index in [0.717, 1.165) is 6.42 Å². The molecule has 2 saturated heterocycles. The van der Waals surface area contributed by atoms with E-state index in [1.54, 1.807) is 18.7 Å². The molecule has 2 fully saturated rings. The minimum atomic E-state index is -3.67. The number of carbonyl (C=O) groups is 1. The Kier molecular flexibility index (Phi) is 5.14. The number of aromatic nitrogens is 1. The molecule has 1 aromatic heterocycles. The van der Waals surface area contributed by atoms with Crippen LogP contribution in [0.15, 0.2) is 9.42 Å². The highest BCUT2D eigenvalue weighted by Crippen LogP contribution is 2.25. The van der Waals surface area contributed by atoms with Crippen LogP contribution in [0.4, 0.5) is 0 Å². The summed E-state index contributed by atoms with van der Waals surface area (Å²) in [5, 5.41) is 3.72. The Hall–Kier alpha value is -1.49. The number of rotatable bonds is 4. The molecule has 1 amide bonds.